The summed E-state index contributed by atoms with van der Waals surface area (Å²) >= 11 is 0. The van der Waals surface area contributed by atoms with E-state index in [9.17, 15) is 9.50 Å². The SMILES string of the molecule is CCc1c(F)ccc2cc(O)cc(-c3ncc4c(N5CCCC(Cn6cccn6)C5)nc(OC[C@@]56CCCN5C[C@H](F)C6)nc4c3F)c12. The van der Waals surface area contributed by atoms with Crippen LogP contribution < -0.4 is 9.64 Å². The number of rotatable bonds is 8. The predicted octanol–water partition coefficient (Wildman–Crippen LogP) is 6.46. The molecule has 5 aromatic rings. The molecule has 0 saturated carbocycles. The van der Waals surface area contributed by atoms with E-state index in [2.05, 4.69) is 24.9 Å². The van der Waals surface area contributed by atoms with Gasteiger partial charge in [0.05, 0.1) is 10.9 Å². The van der Waals surface area contributed by atoms with Gasteiger partial charge in [0.15, 0.2) is 5.82 Å². The van der Waals surface area contributed by atoms with Gasteiger partial charge < -0.3 is 14.7 Å². The third-order valence-electron chi connectivity index (χ3n) is 10.5. The lowest BCUT2D eigenvalue weighted by atomic mass is 9.94. The van der Waals surface area contributed by atoms with E-state index in [-0.39, 0.29) is 41.1 Å². The molecule has 1 N–H and O–H groups in total. The second kappa shape index (κ2) is 12.2. The van der Waals surface area contributed by atoms with Crippen LogP contribution in [0.5, 0.6) is 11.8 Å². The standard InChI is InChI=1S/C36H38F3N7O2/c1-2-26-29(38)8-7-23-14-25(47)15-27(30(23)26)32-31(39)33-28(17-40-32)34(44-11-3-6-22(18-44)19-46-13-5-10-41-46)43-35(42-33)48-21-36-9-4-12-45(36)20-24(37)16-36/h5,7-8,10,13-15,17,22,24,47H,2-4,6,9,11-12,16,18-21H2,1H3/t22?,24-,36+/m1/s1. The second-order valence-electron chi connectivity index (χ2n) is 13.5. The molecule has 48 heavy (non-hydrogen) atoms. The minimum absolute atomic E-state index is 0.0207. The number of ether oxygens (including phenoxy) is 1. The van der Waals surface area contributed by atoms with E-state index in [4.69, 9.17) is 9.72 Å². The number of aryl methyl sites for hydroxylation is 1. The van der Waals surface area contributed by atoms with Crippen LogP contribution in [-0.2, 0) is 13.0 Å². The summed E-state index contributed by atoms with van der Waals surface area (Å²) in [5.74, 6) is -0.392. The summed E-state index contributed by atoms with van der Waals surface area (Å²) < 4.78 is 54.7. The van der Waals surface area contributed by atoms with Crippen LogP contribution in [0.1, 0.15) is 44.6 Å². The first-order valence-electron chi connectivity index (χ1n) is 16.9. The van der Waals surface area contributed by atoms with Gasteiger partial charge in [-0.15, -0.1) is 0 Å². The van der Waals surface area contributed by atoms with Crippen LogP contribution in [0.4, 0.5) is 19.0 Å². The monoisotopic (exact) mass is 657 g/mol. The first-order valence-corrected chi connectivity index (χ1v) is 16.9. The molecule has 3 atom stereocenters. The Balaban J connectivity index is 1.24. The average molecular weight is 658 g/mol. The molecule has 0 bridgehead atoms. The van der Waals surface area contributed by atoms with Crippen molar-refractivity contribution in [2.45, 2.75) is 63.7 Å². The molecule has 2 aromatic carbocycles. The Morgan fingerprint density at radius 3 is 2.83 bits per heavy atom. The topological polar surface area (TPSA) is 92.4 Å². The molecule has 3 saturated heterocycles. The van der Waals surface area contributed by atoms with Crippen molar-refractivity contribution in [1.82, 2.24) is 29.6 Å². The van der Waals surface area contributed by atoms with Gasteiger partial charge in [-0.25, -0.2) is 13.2 Å². The van der Waals surface area contributed by atoms with E-state index < -0.39 is 23.3 Å². The van der Waals surface area contributed by atoms with Crippen LogP contribution in [0.2, 0.25) is 0 Å². The summed E-state index contributed by atoms with van der Waals surface area (Å²) in [5, 5.41) is 16.5. The van der Waals surface area contributed by atoms with Gasteiger partial charge in [-0.3, -0.25) is 14.6 Å². The van der Waals surface area contributed by atoms with Crippen LogP contribution in [-0.4, -0.2) is 79.2 Å². The lowest BCUT2D eigenvalue weighted by Crippen LogP contribution is -2.43. The van der Waals surface area contributed by atoms with E-state index in [0.29, 0.717) is 60.0 Å². The maximum Gasteiger partial charge on any atom is 0.319 e. The highest BCUT2D eigenvalue weighted by Gasteiger charge is 2.49. The number of alkyl halides is 1. The average Bonchev–Trinajstić information content (AvgIpc) is 3.80. The number of anilines is 1. The summed E-state index contributed by atoms with van der Waals surface area (Å²) in [6, 6.07) is 7.81. The third-order valence-corrected chi connectivity index (χ3v) is 10.5. The van der Waals surface area contributed by atoms with Gasteiger partial charge in [-0.1, -0.05) is 13.0 Å². The van der Waals surface area contributed by atoms with Crippen LogP contribution in [0.15, 0.2) is 48.9 Å². The quantitative estimate of drug-likeness (QED) is 0.203. The van der Waals surface area contributed by atoms with Gasteiger partial charge >= 0.3 is 6.01 Å². The second-order valence-corrected chi connectivity index (χ2v) is 13.5. The van der Waals surface area contributed by atoms with Crippen molar-refractivity contribution in [1.29, 1.82) is 0 Å². The summed E-state index contributed by atoms with van der Waals surface area (Å²) in [6.07, 6.45) is 8.83. The van der Waals surface area contributed by atoms with Gasteiger partial charge in [-0.2, -0.15) is 15.1 Å². The summed E-state index contributed by atoms with van der Waals surface area (Å²) in [6.45, 7) is 5.38. The van der Waals surface area contributed by atoms with Crippen molar-refractivity contribution in [3.8, 4) is 23.0 Å². The van der Waals surface area contributed by atoms with Gasteiger partial charge in [0, 0.05) is 56.8 Å². The summed E-state index contributed by atoms with van der Waals surface area (Å²) in [7, 11) is 0. The number of halogens is 3. The number of phenols is 1. The number of aromatic hydroxyl groups is 1. The first kappa shape index (κ1) is 30.9. The van der Waals surface area contributed by atoms with Gasteiger partial charge in [0.2, 0.25) is 0 Å². The molecular weight excluding hydrogens is 619 g/mol. The summed E-state index contributed by atoms with van der Waals surface area (Å²) in [5.41, 5.74) is 0.236. The Hall–Kier alpha value is -4.45. The number of nitrogens with zero attached hydrogens (tertiary/aromatic N) is 7. The Morgan fingerprint density at radius 2 is 2.00 bits per heavy atom. The molecule has 6 heterocycles. The van der Waals surface area contributed by atoms with Crippen molar-refractivity contribution < 1.29 is 23.0 Å². The molecule has 12 heteroatoms. The molecule has 8 rings (SSSR count). The number of aromatic nitrogens is 5. The fraction of sp³-hybridized carbons (Fsp3) is 0.444. The van der Waals surface area contributed by atoms with E-state index in [1.54, 1.807) is 18.5 Å². The van der Waals surface area contributed by atoms with Crippen molar-refractivity contribution in [3.05, 3.63) is 66.1 Å². The van der Waals surface area contributed by atoms with Crippen LogP contribution >= 0.6 is 0 Å². The Morgan fingerprint density at radius 1 is 1.10 bits per heavy atom. The van der Waals surface area contributed by atoms with Crippen LogP contribution in [0.25, 0.3) is 32.9 Å². The molecule has 3 aliphatic rings. The predicted molar refractivity (Wildman–Crippen MR) is 177 cm³/mol. The first-order chi connectivity index (χ1) is 23.3. The lowest BCUT2D eigenvalue weighted by molar-refractivity contribution is 0.107. The van der Waals surface area contributed by atoms with Crippen molar-refractivity contribution >= 4 is 27.5 Å². The Kier molecular flexibility index (Phi) is 7.85. The normalized spacial score (nSPS) is 23.0. The molecule has 250 valence electrons. The summed E-state index contributed by atoms with van der Waals surface area (Å²) in [4.78, 5) is 18.3. The van der Waals surface area contributed by atoms with Crippen molar-refractivity contribution in [3.63, 3.8) is 0 Å². The number of benzene rings is 2. The van der Waals surface area contributed by atoms with Crippen LogP contribution in [0.3, 0.4) is 0 Å². The fourth-order valence-electron chi connectivity index (χ4n) is 8.27. The molecule has 0 radical (unpaired) electrons. The number of hydrogen-bond acceptors (Lipinski definition) is 8. The van der Waals surface area contributed by atoms with Crippen LogP contribution in [0, 0.1) is 17.6 Å². The molecule has 0 amide bonds. The van der Waals surface area contributed by atoms with E-state index >= 15 is 8.78 Å². The zero-order chi connectivity index (χ0) is 33.0. The zero-order valence-electron chi connectivity index (χ0n) is 26.9. The zero-order valence-corrected chi connectivity index (χ0v) is 26.9. The van der Waals surface area contributed by atoms with Crippen molar-refractivity contribution in [2.24, 2.45) is 5.92 Å². The van der Waals surface area contributed by atoms with E-state index in [1.807, 2.05) is 23.9 Å². The Bertz CT molecular complexity index is 1990. The smallest absolute Gasteiger partial charge is 0.319 e. The molecule has 0 spiro atoms. The molecule has 0 aliphatic carbocycles. The van der Waals surface area contributed by atoms with Gasteiger partial charge in [0.1, 0.15) is 41.4 Å². The minimum atomic E-state index is -0.914. The maximum absolute atomic E-state index is 16.9. The minimum Gasteiger partial charge on any atom is -0.508 e. The van der Waals surface area contributed by atoms with Gasteiger partial charge in [0.25, 0.3) is 0 Å². The number of hydrogen-bond donors (Lipinski definition) is 1. The lowest BCUT2D eigenvalue weighted by Gasteiger charge is -2.34. The highest BCUT2D eigenvalue weighted by Crippen LogP contribution is 2.42. The van der Waals surface area contributed by atoms with Crippen molar-refractivity contribution in [2.75, 3.05) is 37.7 Å². The highest BCUT2D eigenvalue weighted by molar-refractivity contribution is 6.01. The van der Waals surface area contributed by atoms with Gasteiger partial charge in [-0.05, 0) is 85.2 Å². The fourth-order valence-corrected chi connectivity index (χ4v) is 8.27. The third kappa shape index (κ3) is 5.39. The number of piperidine rings is 1. The number of pyridine rings is 1. The molecule has 1 unspecified atom stereocenters. The molecule has 9 nitrogen and oxygen atoms in total. The maximum atomic E-state index is 16.9. The van der Waals surface area contributed by atoms with E-state index in [1.165, 1.54) is 18.2 Å². The molecule has 3 aromatic heterocycles. The molecule has 3 fully saturated rings. The van der Waals surface area contributed by atoms with E-state index in [0.717, 1.165) is 38.8 Å². The largest absolute Gasteiger partial charge is 0.508 e. The Labute approximate surface area is 276 Å². The number of fused-ring (bicyclic) bond motifs is 3. The highest BCUT2D eigenvalue weighted by atomic mass is 19.1. The number of phenolic OH excluding ortho intramolecular Hbond substituents is 1. The molecule has 3 aliphatic heterocycles. The molecular formula is C36H38F3N7O2.